The van der Waals surface area contributed by atoms with Crippen molar-refractivity contribution in [2.45, 2.75) is 52.4 Å². The molecular weight excluding hydrogens is 521 g/mol. The Balaban J connectivity index is 0.00000289. The van der Waals surface area contributed by atoms with E-state index in [1.165, 1.54) is 0 Å². The van der Waals surface area contributed by atoms with Crippen molar-refractivity contribution >= 4 is 29.9 Å². The first-order valence-corrected chi connectivity index (χ1v) is 10.5. The quantitative estimate of drug-likeness (QED) is 0.275. The van der Waals surface area contributed by atoms with Crippen LogP contribution in [0, 0.1) is 13.8 Å². The molecule has 0 bridgehead atoms. The molecule has 0 aliphatic carbocycles. The van der Waals surface area contributed by atoms with Crippen LogP contribution in [0.5, 0.6) is 5.75 Å². The molecule has 1 aliphatic heterocycles. The molecule has 2 N–H and O–H groups in total. The van der Waals surface area contributed by atoms with E-state index in [9.17, 15) is 0 Å². The first-order chi connectivity index (χ1) is 15.0. The number of fused-ring (bicyclic) bond motifs is 1. The average molecular weight is 551 g/mol. The van der Waals surface area contributed by atoms with Crippen molar-refractivity contribution in [1.29, 1.82) is 0 Å². The van der Waals surface area contributed by atoms with Gasteiger partial charge in [-0.15, -0.1) is 34.2 Å². The van der Waals surface area contributed by atoms with E-state index >= 15 is 0 Å². The van der Waals surface area contributed by atoms with E-state index in [1.54, 1.807) is 7.11 Å². The van der Waals surface area contributed by atoms with Crippen LogP contribution in [0.15, 0.2) is 29.3 Å². The van der Waals surface area contributed by atoms with Crippen molar-refractivity contribution < 1.29 is 4.74 Å². The molecule has 0 saturated carbocycles. The summed E-state index contributed by atoms with van der Waals surface area (Å²) in [7, 11) is 3.62. The molecule has 4 rings (SSSR count). The predicted octanol–water partition coefficient (Wildman–Crippen LogP) is 2.42. The number of aryl methyl sites for hydroxylation is 3. The smallest absolute Gasteiger partial charge is 0.192 e. The highest BCUT2D eigenvalue weighted by Gasteiger charge is 2.24. The van der Waals surface area contributed by atoms with Crippen molar-refractivity contribution in [1.82, 2.24) is 40.2 Å². The summed E-state index contributed by atoms with van der Waals surface area (Å²) < 4.78 is 9.20. The molecular formula is C21H30IN9O. The lowest BCUT2D eigenvalue weighted by Crippen LogP contribution is -2.41. The molecule has 1 aromatic carbocycles. The van der Waals surface area contributed by atoms with Gasteiger partial charge in [-0.25, -0.2) is 14.7 Å². The number of hydrogen-bond donors (Lipinski definition) is 2. The van der Waals surface area contributed by atoms with Crippen LogP contribution in [0.1, 0.15) is 47.7 Å². The first kappa shape index (κ1) is 24.0. The summed E-state index contributed by atoms with van der Waals surface area (Å²) in [5.41, 5.74) is 1.10. The fourth-order valence-corrected chi connectivity index (χ4v) is 3.59. The number of nitrogens with one attached hydrogen (secondary N) is 2. The summed E-state index contributed by atoms with van der Waals surface area (Å²) in [5.74, 6) is 5.01. The lowest BCUT2D eigenvalue weighted by Gasteiger charge is -2.25. The summed E-state index contributed by atoms with van der Waals surface area (Å²) in [6.45, 7) is 5.82. The number of benzene rings is 1. The van der Waals surface area contributed by atoms with Crippen LogP contribution >= 0.6 is 24.0 Å². The van der Waals surface area contributed by atoms with Gasteiger partial charge < -0.3 is 19.9 Å². The third-order valence-electron chi connectivity index (χ3n) is 5.47. The molecule has 0 saturated heterocycles. The Morgan fingerprint density at radius 3 is 2.69 bits per heavy atom. The standard InChI is InChI=1S/C21H29N9O.HI/c1-14-24-20-18(6-5-11-30(20)28-14)25-21(23-13-19-27-26-15(2)29(19)3)22-12-16-7-9-17(31-4)10-8-16;/h7-10,18H,5-6,11-13H2,1-4H3,(H2,22,23,25);1H. The monoisotopic (exact) mass is 551 g/mol. The molecule has 3 aromatic rings. The fraction of sp³-hybridized carbons (Fsp3) is 0.476. The van der Waals surface area contributed by atoms with Crippen LogP contribution in [-0.4, -0.2) is 42.6 Å². The lowest BCUT2D eigenvalue weighted by molar-refractivity contribution is 0.397. The highest BCUT2D eigenvalue weighted by atomic mass is 127. The van der Waals surface area contributed by atoms with Gasteiger partial charge in [0.2, 0.25) is 0 Å². The number of halogens is 1. The maximum absolute atomic E-state index is 5.24. The summed E-state index contributed by atoms with van der Waals surface area (Å²) in [6.07, 6.45) is 2.02. The Morgan fingerprint density at radius 1 is 1.22 bits per heavy atom. The average Bonchev–Trinajstić information content (AvgIpc) is 3.32. The van der Waals surface area contributed by atoms with E-state index in [0.717, 1.165) is 54.0 Å². The van der Waals surface area contributed by atoms with Crippen molar-refractivity contribution in [2.24, 2.45) is 12.0 Å². The minimum atomic E-state index is 0. The molecule has 1 atom stereocenters. The summed E-state index contributed by atoms with van der Waals surface area (Å²) >= 11 is 0. The van der Waals surface area contributed by atoms with Gasteiger partial charge in [0.1, 0.15) is 23.2 Å². The predicted molar refractivity (Wildman–Crippen MR) is 132 cm³/mol. The second-order valence-corrected chi connectivity index (χ2v) is 7.67. The van der Waals surface area contributed by atoms with Crippen molar-refractivity contribution in [2.75, 3.05) is 7.11 Å². The Morgan fingerprint density at radius 2 is 2.00 bits per heavy atom. The summed E-state index contributed by atoms with van der Waals surface area (Å²) in [4.78, 5) is 9.44. The number of guanidine groups is 1. The van der Waals surface area contributed by atoms with Gasteiger partial charge in [-0.1, -0.05) is 12.1 Å². The normalized spacial score (nSPS) is 15.6. The van der Waals surface area contributed by atoms with E-state index in [1.807, 2.05) is 54.4 Å². The number of nitrogens with zero attached hydrogens (tertiary/aromatic N) is 7. The van der Waals surface area contributed by atoms with E-state index < -0.39 is 0 Å². The van der Waals surface area contributed by atoms with Crippen molar-refractivity contribution in [3.63, 3.8) is 0 Å². The summed E-state index contributed by atoms with van der Waals surface area (Å²) in [6, 6.07) is 7.98. The maximum atomic E-state index is 5.24. The van der Waals surface area contributed by atoms with Crippen LogP contribution in [0.3, 0.4) is 0 Å². The number of ether oxygens (including phenoxy) is 1. The molecule has 0 spiro atoms. The van der Waals surface area contributed by atoms with E-state index in [2.05, 4.69) is 30.9 Å². The molecule has 2 aromatic heterocycles. The van der Waals surface area contributed by atoms with Crippen molar-refractivity contribution in [3.05, 3.63) is 53.1 Å². The summed E-state index contributed by atoms with van der Waals surface area (Å²) in [5, 5.41) is 19.8. The van der Waals surface area contributed by atoms with Gasteiger partial charge in [-0.2, -0.15) is 5.10 Å². The second kappa shape index (κ2) is 10.7. The molecule has 0 amide bonds. The number of methoxy groups -OCH3 is 1. The number of aromatic nitrogens is 6. The van der Waals surface area contributed by atoms with Gasteiger partial charge in [0.05, 0.1) is 26.2 Å². The van der Waals surface area contributed by atoms with E-state index in [-0.39, 0.29) is 30.0 Å². The molecule has 3 heterocycles. The highest BCUT2D eigenvalue weighted by molar-refractivity contribution is 14.0. The van der Waals surface area contributed by atoms with Crippen LogP contribution in [0.2, 0.25) is 0 Å². The molecule has 10 nitrogen and oxygen atoms in total. The minimum Gasteiger partial charge on any atom is -0.497 e. The topological polar surface area (TPSA) is 107 Å². The number of aliphatic imine (C=N–C) groups is 1. The zero-order valence-electron chi connectivity index (χ0n) is 18.9. The van der Waals surface area contributed by atoms with E-state index in [4.69, 9.17) is 9.73 Å². The Kier molecular flexibility index (Phi) is 8.04. The molecule has 32 heavy (non-hydrogen) atoms. The van der Waals surface area contributed by atoms with Gasteiger partial charge in [0, 0.05) is 13.6 Å². The van der Waals surface area contributed by atoms with Gasteiger partial charge in [0.15, 0.2) is 11.8 Å². The molecule has 0 fully saturated rings. The van der Waals surface area contributed by atoms with Crippen LogP contribution in [0.25, 0.3) is 0 Å². The third-order valence-corrected chi connectivity index (χ3v) is 5.47. The zero-order valence-corrected chi connectivity index (χ0v) is 21.2. The second-order valence-electron chi connectivity index (χ2n) is 7.67. The number of rotatable bonds is 6. The fourth-order valence-electron chi connectivity index (χ4n) is 3.59. The van der Waals surface area contributed by atoms with Gasteiger partial charge >= 0.3 is 0 Å². The molecule has 1 aliphatic rings. The first-order valence-electron chi connectivity index (χ1n) is 10.5. The van der Waals surface area contributed by atoms with Gasteiger partial charge in [-0.05, 0) is 44.4 Å². The van der Waals surface area contributed by atoms with Gasteiger partial charge in [0.25, 0.3) is 0 Å². The highest BCUT2D eigenvalue weighted by Crippen LogP contribution is 2.23. The Labute approximate surface area is 204 Å². The van der Waals surface area contributed by atoms with E-state index in [0.29, 0.717) is 19.0 Å². The molecule has 1 unspecified atom stereocenters. The van der Waals surface area contributed by atoms with Crippen LogP contribution < -0.4 is 15.4 Å². The van der Waals surface area contributed by atoms with Gasteiger partial charge in [-0.3, -0.25) is 0 Å². The molecule has 172 valence electrons. The largest absolute Gasteiger partial charge is 0.497 e. The van der Waals surface area contributed by atoms with Crippen LogP contribution in [-0.2, 0) is 26.7 Å². The minimum absolute atomic E-state index is 0. The third kappa shape index (κ3) is 5.56. The Hall–Kier alpha value is -2.70. The molecule has 0 radical (unpaired) electrons. The maximum Gasteiger partial charge on any atom is 0.192 e. The van der Waals surface area contributed by atoms with Crippen LogP contribution in [0.4, 0.5) is 0 Å². The Bertz CT molecular complexity index is 1060. The van der Waals surface area contributed by atoms with Crippen molar-refractivity contribution in [3.8, 4) is 5.75 Å². The lowest BCUT2D eigenvalue weighted by atomic mass is 10.1. The zero-order chi connectivity index (χ0) is 21.8. The number of hydrogen-bond acceptors (Lipinski definition) is 6. The molecule has 11 heteroatoms. The SMILES string of the molecule is COc1ccc(CN=C(NCc2nnc(C)n2C)NC2CCCn3nc(C)nc32)cc1.I.